The first-order valence-corrected chi connectivity index (χ1v) is 7.05. The molecule has 0 spiro atoms. The molecule has 5 heteroatoms. The Morgan fingerprint density at radius 3 is 3.11 bits per heavy atom. The van der Waals surface area contributed by atoms with Gasteiger partial charge in [-0.3, -0.25) is 4.79 Å². The number of nitrogens with one attached hydrogen (secondary N) is 1. The quantitative estimate of drug-likeness (QED) is 0.610. The van der Waals surface area contributed by atoms with Crippen molar-refractivity contribution in [2.24, 2.45) is 11.7 Å². The molecule has 0 bridgehead atoms. The van der Waals surface area contributed by atoms with E-state index in [2.05, 4.69) is 10.2 Å². The molecule has 1 heterocycles. The Balaban J connectivity index is 2.21. The number of piperidine rings is 1. The lowest BCUT2D eigenvalue weighted by Crippen LogP contribution is -2.44. The molecule has 1 amide bonds. The maximum atomic E-state index is 11.9. The molecular weight excluding hydrogens is 230 g/mol. The van der Waals surface area contributed by atoms with Gasteiger partial charge in [-0.05, 0) is 32.7 Å². The van der Waals surface area contributed by atoms with Crippen LogP contribution in [0.1, 0.15) is 26.2 Å². The van der Waals surface area contributed by atoms with Crippen molar-refractivity contribution < 1.29 is 9.53 Å². The highest BCUT2D eigenvalue weighted by atomic mass is 16.5. The number of hydrogen-bond acceptors (Lipinski definition) is 4. The summed E-state index contributed by atoms with van der Waals surface area (Å²) in [7, 11) is 0. The Morgan fingerprint density at radius 2 is 2.39 bits per heavy atom. The zero-order valence-electron chi connectivity index (χ0n) is 11.5. The first kappa shape index (κ1) is 15.4. The molecule has 0 saturated carbocycles. The molecule has 18 heavy (non-hydrogen) atoms. The number of carbonyl (C=O) groups excluding carboxylic acids is 1. The summed E-state index contributed by atoms with van der Waals surface area (Å²) in [5, 5.41) is 2.88. The van der Waals surface area contributed by atoms with Crippen molar-refractivity contribution in [1.29, 1.82) is 0 Å². The molecular formula is C13H27N3O2. The molecule has 1 saturated heterocycles. The monoisotopic (exact) mass is 257 g/mol. The third-order valence-electron chi connectivity index (χ3n) is 3.29. The molecule has 0 radical (unpaired) electrons. The van der Waals surface area contributed by atoms with E-state index in [0.717, 1.165) is 52.1 Å². The second-order valence-corrected chi connectivity index (χ2v) is 4.77. The van der Waals surface area contributed by atoms with Crippen LogP contribution >= 0.6 is 0 Å². The Labute approximate surface area is 110 Å². The van der Waals surface area contributed by atoms with Gasteiger partial charge in [0, 0.05) is 39.4 Å². The average Bonchev–Trinajstić information content (AvgIpc) is 2.41. The molecule has 1 unspecified atom stereocenters. The van der Waals surface area contributed by atoms with Gasteiger partial charge in [0.15, 0.2) is 0 Å². The molecule has 1 fully saturated rings. The number of amides is 1. The van der Waals surface area contributed by atoms with Gasteiger partial charge in [-0.15, -0.1) is 0 Å². The number of carbonyl (C=O) groups is 1. The molecule has 0 aromatic carbocycles. The van der Waals surface area contributed by atoms with Crippen LogP contribution in [0.3, 0.4) is 0 Å². The summed E-state index contributed by atoms with van der Waals surface area (Å²) in [6.45, 7) is 7.71. The smallest absolute Gasteiger partial charge is 0.224 e. The number of nitrogens with zero attached hydrogens (tertiary/aromatic N) is 1. The van der Waals surface area contributed by atoms with Gasteiger partial charge in [0.05, 0.1) is 5.92 Å². The average molecular weight is 257 g/mol. The minimum Gasteiger partial charge on any atom is -0.382 e. The van der Waals surface area contributed by atoms with Crippen LogP contribution in [0.25, 0.3) is 0 Å². The van der Waals surface area contributed by atoms with Crippen LogP contribution in [-0.4, -0.2) is 56.7 Å². The summed E-state index contributed by atoms with van der Waals surface area (Å²) in [5.41, 5.74) is 5.39. The molecule has 1 atom stereocenters. The van der Waals surface area contributed by atoms with Gasteiger partial charge in [0.1, 0.15) is 0 Å². The lowest BCUT2D eigenvalue weighted by molar-refractivity contribution is -0.126. The summed E-state index contributed by atoms with van der Waals surface area (Å²) in [4.78, 5) is 14.2. The largest absolute Gasteiger partial charge is 0.382 e. The van der Waals surface area contributed by atoms with E-state index in [1.54, 1.807) is 0 Å². The van der Waals surface area contributed by atoms with Crippen LogP contribution in [0.4, 0.5) is 0 Å². The van der Waals surface area contributed by atoms with Crippen molar-refractivity contribution in [2.45, 2.75) is 26.2 Å². The van der Waals surface area contributed by atoms with Crippen LogP contribution in [0, 0.1) is 5.92 Å². The fourth-order valence-electron chi connectivity index (χ4n) is 2.35. The topological polar surface area (TPSA) is 67.6 Å². The highest BCUT2D eigenvalue weighted by Gasteiger charge is 2.24. The summed E-state index contributed by atoms with van der Waals surface area (Å²) < 4.78 is 5.33. The summed E-state index contributed by atoms with van der Waals surface area (Å²) >= 11 is 0. The third-order valence-corrected chi connectivity index (χ3v) is 3.29. The second kappa shape index (κ2) is 9.30. The normalized spacial score (nSPS) is 20.9. The molecule has 1 rings (SSSR count). The zero-order valence-corrected chi connectivity index (χ0v) is 11.5. The standard InChI is InChI=1S/C13H27N3O2/c1-2-18-10-4-9-16-8-3-5-12(11-16)13(17)15-7-6-14/h12H,2-11,14H2,1H3,(H,15,17). The van der Waals surface area contributed by atoms with Crippen molar-refractivity contribution in [1.82, 2.24) is 10.2 Å². The predicted molar refractivity (Wildman–Crippen MR) is 72.3 cm³/mol. The van der Waals surface area contributed by atoms with Crippen LogP contribution in [0.5, 0.6) is 0 Å². The molecule has 0 aliphatic carbocycles. The minimum atomic E-state index is 0.136. The summed E-state index contributed by atoms with van der Waals surface area (Å²) in [5.74, 6) is 0.298. The van der Waals surface area contributed by atoms with Crippen LogP contribution < -0.4 is 11.1 Å². The number of likely N-dealkylation sites (tertiary alicyclic amines) is 1. The maximum absolute atomic E-state index is 11.9. The van der Waals surface area contributed by atoms with Gasteiger partial charge in [0.25, 0.3) is 0 Å². The lowest BCUT2D eigenvalue weighted by atomic mass is 9.97. The Hall–Kier alpha value is -0.650. The first-order valence-electron chi connectivity index (χ1n) is 7.05. The first-order chi connectivity index (χ1) is 8.77. The van der Waals surface area contributed by atoms with Crippen molar-refractivity contribution in [3.8, 4) is 0 Å². The van der Waals surface area contributed by atoms with Crippen LogP contribution in [0.2, 0.25) is 0 Å². The SMILES string of the molecule is CCOCCCN1CCCC(C(=O)NCCN)C1. The van der Waals surface area contributed by atoms with Gasteiger partial charge in [-0.25, -0.2) is 0 Å². The van der Waals surface area contributed by atoms with E-state index >= 15 is 0 Å². The molecule has 1 aliphatic rings. The Bertz CT molecular complexity index is 236. The van der Waals surface area contributed by atoms with Gasteiger partial charge >= 0.3 is 0 Å². The molecule has 106 valence electrons. The molecule has 0 aromatic heterocycles. The van der Waals surface area contributed by atoms with Crippen LogP contribution in [-0.2, 0) is 9.53 Å². The van der Waals surface area contributed by atoms with E-state index in [1.807, 2.05) is 6.92 Å². The number of hydrogen-bond donors (Lipinski definition) is 2. The van der Waals surface area contributed by atoms with Crippen molar-refractivity contribution in [2.75, 3.05) is 45.9 Å². The van der Waals surface area contributed by atoms with E-state index in [1.165, 1.54) is 0 Å². The second-order valence-electron chi connectivity index (χ2n) is 4.77. The fraction of sp³-hybridized carbons (Fsp3) is 0.923. The molecule has 1 aliphatic heterocycles. The van der Waals surface area contributed by atoms with Crippen molar-refractivity contribution in [3.63, 3.8) is 0 Å². The maximum Gasteiger partial charge on any atom is 0.224 e. The summed E-state index contributed by atoms with van der Waals surface area (Å²) in [6, 6.07) is 0. The molecule has 0 aromatic rings. The number of ether oxygens (including phenoxy) is 1. The minimum absolute atomic E-state index is 0.136. The highest BCUT2D eigenvalue weighted by molar-refractivity contribution is 5.78. The van der Waals surface area contributed by atoms with E-state index < -0.39 is 0 Å². The third kappa shape index (κ3) is 5.80. The van der Waals surface area contributed by atoms with Gasteiger partial charge in [-0.1, -0.05) is 0 Å². The van der Waals surface area contributed by atoms with Crippen molar-refractivity contribution >= 4 is 5.91 Å². The molecule has 3 N–H and O–H groups in total. The van der Waals surface area contributed by atoms with Gasteiger partial charge in [-0.2, -0.15) is 0 Å². The van der Waals surface area contributed by atoms with E-state index in [0.29, 0.717) is 13.1 Å². The lowest BCUT2D eigenvalue weighted by Gasteiger charge is -2.31. The predicted octanol–water partition coefficient (Wildman–Crippen LogP) is 0.200. The van der Waals surface area contributed by atoms with Crippen LogP contribution in [0.15, 0.2) is 0 Å². The van der Waals surface area contributed by atoms with Gasteiger partial charge in [0.2, 0.25) is 5.91 Å². The van der Waals surface area contributed by atoms with Gasteiger partial charge < -0.3 is 20.7 Å². The van der Waals surface area contributed by atoms with E-state index in [-0.39, 0.29) is 11.8 Å². The Morgan fingerprint density at radius 1 is 1.56 bits per heavy atom. The Kier molecular flexibility index (Phi) is 7.96. The number of rotatable bonds is 8. The van der Waals surface area contributed by atoms with E-state index in [4.69, 9.17) is 10.5 Å². The number of nitrogens with two attached hydrogens (primary N) is 1. The molecule has 5 nitrogen and oxygen atoms in total. The summed E-state index contributed by atoms with van der Waals surface area (Å²) in [6.07, 6.45) is 3.15. The zero-order chi connectivity index (χ0) is 13.2. The fourth-order valence-corrected chi connectivity index (χ4v) is 2.35. The highest BCUT2D eigenvalue weighted by Crippen LogP contribution is 2.16. The van der Waals surface area contributed by atoms with E-state index in [9.17, 15) is 4.79 Å². The van der Waals surface area contributed by atoms with Crippen molar-refractivity contribution in [3.05, 3.63) is 0 Å².